The molecule has 1 N–H and O–H groups in total. The first kappa shape index (κ1) is 31.1. The molecule has 6 rings (SSSR count). The summed E-state index contributed by atoms with van der Waals surface area (Å²) >= 11 is 6.74. The number of rotatable bonds is 5. The number of aryl methyl sites for hydroxylation is 1. The van der Waals surface area contributed by atoms with E-state index < -0.39 is 23.2 Å². The number of imidazole rings is 1. The molecule has 5 aromatic rings. The van der Waals surface area contributed by atoms with Crippen molar-refractivity contribution in [3.63, 3.8) is 0 Å². The lowest BCUT2D eigenvalue weighted by Crippen LogP contribution is -2.58. The smallest absolute Gasteiger partial charge is 0.356 e. The lowest BCUT2D eigenvalue weighted by molar-refractivity contribution is -0.128. The van der Waals surface area contributed by atoms with E-state index in [1.54, 1.807) is 16.5 Å². The maximum Gasteiger partial charge on any atom is 0.356 e. The van der Waals surface area contributed by atoms with Crippen LogP contribution in [0.25, 0.3) is 39.1 Å². The van der Waals surface area contributed by atoms with Gasteiger partial charge in [0.25, 0.3) is 0 Å². The van der Waals surface area contributed by atoms with Gasteiger partial charge in [-0.3, -0.25) is 4.79 Å². The molecule has 0 aliphatic carbocycles. The first-order valence-electron chi connectivity index (χ1n) is 14.7. The summed E-state index contributed by atoms with van der Waals surface area (Å²) in [6.07, 6.45) is 2.76. The van der Waals surface area contributed by atoms with Crippen LogP contribution in [0.1, 0.15) is 39.2 Å². The number of aromatic nitrogens is 6. The molecule has 14 heteroatoms. The van der Waals surface area contributed by atoms with Gasteiger partial charge in [-0.15, -0.1) is 0 Å². The molecular formula is C32H31ClF2N8O3. The van der Waals surface area contributed by atoms with Crippen molar-refractivity contribution < 1.29 is 18.7 Å². The van der Waals surface area contributed by atoms with E-state index in [1.807, 2.05) is 32.6 Å². The third-order valence-electron chi connectivity index (χ3n) is 8.36. The van der Waals surface area contributed by atoms with Crippen LogP contribution >= 0.6 is 11.6 Å². The van der Waals surface area contributed by atoms with Gasteiger partial charge in [-0.05, 0) is 44.0 Å². The lowest BCUT2D eigenvalue weighted by atomic mass is 10.0. The van der Waals surface area contributed by atoms with Crippen LogP contribution in [0.2, 0.25) is 5.02 Å². The Bertz CT molecular complexity index is 2110. The van der Waals surface area contributed by atoms with E-state index in [4.69, 9.17) is 11.6 Å². The molecule has 4 aromatic heterocycles. The number of carbonyl (C=O) groups excluding carboxylic acids is 1. The summed E-state index contributed by atoms with van der Waals surface area (Å²) in [5.41, 5.74) is -0.519. The van der Waals surface area contributed by atoms with Crippen molar-refractivity contribution >= 4 is 45.5 Å². The zero-order chi connectivity index (χ0) is 33.2. The maximum atomic E-state index is 16.2. The van der Waals surface area contributed by atoms with Crippen LogP contribution in [0, 0.1) is 11.8 Å². The van der Waals surface area contributed by atoms with E-state index in [9.17, 15) is 14.7 Å². The fraction of sp³-hybridized carbons (Fsp3) is 0.312. The number of piperazine rings is 1. The van der Waals surface area contributed by atoms with Crippen molar-refractivity contribution in [2.24, 2.45) is 7.05 Å². The zero-order valence-corrected chi connectivity index (χ0v) is 26.5. The van der Waals surface area contributed by atoms with E-state index >= 15 is 8.78 Å². The van der Waals surface area contributed by atoms with Crippen molar-refractivity contribution in [3.05, 3.63) is 76.1 Å². The van der Waals surface area contributed by atoms with Crippen LogP contribution in [0.3, 0.4) is 0 Å². The zero-order valence-electron chi connectivity index (χ0n) is 25.8. The Balaban J connectivity index is 1.71. The Kier molecular flexibility index (Phi) is 7.75. The number of fused-ring (bicyclic) bond motifs is 2. The van der Waals surface area contributed by atoms with E-state index in [2.05, 4.69) is 26.5 Å². The third-order valence-corrected chi connectivity index (χ3v) is 8.65. The summed E-state index contributed by atoms with van der Waals surface area (Å²) in [6.45, 7) is 11.6. The molecule has 11 nitrogen and oxygen atoms in total. The molecule has 1 aliphatic rings. The summed E-state index contributed by atoms with van der Waals surface area (Å²) in [4.78, 5) is 47.9. The average Bonchev–Trinajstić information content (AvgIpc) is 3.36. The topological polar surface area (TPSA) is 122 Å². The predicted octanol–water partition coefficient (Wildman–Crippen LogP) is 5.10. The van der Waals surface area contributed by atoms with Crippen LogP contribution < -0.4 is 10.6 Å². The molecule has 46 heavy (non-hydrogen) atoms. The maximum absolute atomic E-state index is 16.2. The predicted molar refractivity (Wildman–Crippen MR) is 171 cm³/mol. The van der Waals surface area contributed by atoms with Crippen LogP contribution in [0.4, 0.5) is 14.6 Å². The van der Waals surface area contributed by atoms with Gasteiger partial charge in [-0.1, -0.05) is 38.1 Å². The van der Waals surface area contributed by atoms with Gasteiger partial charge in [-0.2, -0.15) is 14.4 Å². The normalized spacial score (nSPS) is 17.0. The highest BCUT2D eigenvalue weighted by Crippen LogP contribution is 2.40. The number of phenols is 1. The Labute approximate surface area is 267 Å². The number of nitrogens with zero attached hydrogens (tertiary/aromatic N) is 8. The molecule has 0 unspecified atom stereocenters. The van der Waals surface area contributed by atoms with Crippen LogP contribution in [-0.4, -0.2) is 70.2 Å². The van der Waals surface area contributed by atoms with Gasteiger partial charge in [0.2, 0.25) is 11.9 Å². The Morgan fingerprint density at radius 2 is 1.87 bits per heavy atom. The number of phenolic OH excluding ortho intramolecular Hbond substituents is 1. The summed E-state index contributed by atoms with van der Waals surface area (Å²) in [6, 6.07) is 4.65. The number of carbonyl (C=O) groups is 1. The molecule has 238 valence electrons. The second-order valence-corrected chi connectivity index (χ2v) is 12.2. The monoisotopic (exact) mass is 648 g/mol. The highest BCUT2D eigenvalue weighted by atomic mass is 35.5. The van der Waals surface area contributed by atoms with Crippen LogP contribution in [0.15, 0.2) is 48.0 Å². The first-order chi connectivity index (χ1) is 21.8. The SMILES string of the molecule is C=CC(=O)N1C[C@H](C)N(c2nc(=O)n(-c3c(F)nc4c(ncn4C)c3C(C)C)c3nc(-c4c(O)cccc4F)c(Cl)cc23)C[C@H]1C. The number of hydrogen-bond acceptors (Lipinski definition) is 8. The second kappa shape index (κ2) is 11.5. The minimum absolute atomic E-state index is 0.0369. The van der Waals surface area contributed by atoms with E-state index in [0.717, 1.165) is 10.6 Å². The van der Waals surface area contributed by atoms with Gasteiger partial charge in [0.05, 0.1) is 28.0 Å². The van der Waals surface area contributed by atoms with Gasteiger partial charge >= 0.3 is 5.69 Å². The van der Waals surface area contributed by atoms with Gasteiger partial charge < -0.3 is 19.5 Å². The minimum Gasteiger partial charge on any atom is -0.507 e. The number of halogens is 3. The number of hydrogen-bond donors (Lipinski definition) is 1. The Hall–Kier alpha value is -4.91. The first-order valence-corrected chi connectivity index (χ1v) is 15.0. The van der Waals surface area contributed by atoms with Crippen molar-refractivity contribution in [1.82, 2.24) is 34.0 Å². The summed E-state index contributed by atoms with van der Waals surface area (Å²) < 4.78 is 33.9. The largest absolute Gasteiger partial charge is 0.507 e. The average molecular weight is 649 g/mol. The molecule has 1 saturated heterocycles. The van der Waals surface area contributed by atoms with E-state index in [0.29, 0.717) is 24.2 Å². The highest BCUT2D eigenvalue weighted by molar-refractivity contribution is 6.34. The number of amides is 1. The molecule has 1 amide bonds. The van der Waals surface area contributed by atoms with E-state index in [-0.39, 0.29) is 68.4 Å². The van der Waals surface area contributed by atoms with Crippen molar-refractivity contribution in [3.8, 4) is 22.7 Å². The van der Waals surface area contributed by atoms with Crippen molar-refractivity contribution in [2.75, 3.05) is 18.0 Å². The molecule has 1 aromatic carbocycles. The number of aromatic hydroxyl groups is 1. The molecule has 0 saturated carbocycles. The standard InChI is InChI=1S/C32H31ClF2N8O3/c1-7-22(45)41-12-17(5)42(13-16(41)4)29-18-11-19(33)25(24-20(34)9-8-10-21(24)44)37-30(18)43(32(46)39-29)27-23(15(2)3)26-31(38-28(27)35)40(6)14-36-26/h7-11,14-17,44H,1,12-13H2,2-6H3/t16-,17+/m1/s1. The summed E-state index contributed by atoms with van der Waals surface area (Å²) in [5, 5.41) is 10.9. The van der Waals surface area contributed by atoms with E-state index in [1.165, 1.54) is 30.6 Å². The molecule has 2 atom stereocenters. The van der Waals surface area contributed by atoms with Gasteiger partial charge in [0, 0.05) is 37.8 Å². The van der Waals surface area contributed by atoms with Crippen molar-refractivity contribution in [1.29, 1.82) is 0 Å². The van der Waals surface area contributed by atoms with Crippen molar-refractivity contribution in [2.45, 2.75) is 45.7 Å². The Morgan fingerprint density at radius 3 is 2.54 bits per heavy atom. The minimum atomic E-state index is -0.955. The van der Waals surface area contributed by atoms with Gasteiger partial charge in [-0.25, -0.2) is 23.7 Å². The van der Waals surface area contributed by atoms with Gasteiger partial charge in [0.1, 0.15) is 28.6 Å². The summed E-state index contributed by atoms with van der Waals surface area (Å²) in [5.74, 6) is -2.52. The molecule has 0 bridgehead atoms. The molecule has 0 spiro atoms. The number of benzene rings is 1. The fourth-order valence-electron chi connectivity index (χ4n) is 6.17. The molecular weight excluding hydrogens is 618 g/mol. The van der Waals surface area contributed by atoms with Gasteiger partial charge in [0.15, 0.2) is 11.3 Å². The molecule has 5 heterocycles. The highest BCUT2D eigenvalue weighted by Gasteiger charge is 2.35. The molecule has 1 aliphatic heterocycles. The lowest BCUT2D eigenvalue weighted by Gasteiger charge is -2.44. The quantitative estimate of drug-likeness (QED) is 0.206. The molecule has 1 fully saturated rings. The number of pyridine rings is 2. The number of anilines is 1. The fourth-order valence-corrected chi connectivity index (χ4v) is 6.41. The summed E-state index contributed by atoms with van der Waals surface area (Å²) in [7, 11) is 1.69. The third kappa shape index (κ3) is 4.85. The Morgan fingerprint density at radius 1 is 1.13 bits per heavy atom. The molecule has 0 radical (unpaired) electrons. The van der Waals surface area contributed by atoms with Crippen LogP contribution in [0.5, 0.6) is 5.75 Å². The van der Waals surface area contributed by atoms with Crippen LogP contribution in [-0.2, 0) is 11.8 Å². The second-order valence-electron chi connectivity index (χ2n) is 11.8.